The lowest BCUT2D eigenvalue weighted by molar-refractivity contribution is -0.146. The van der Waals surface area contributed by atoms with Crippen molar-refractivity contribution in [1.82, 2.24) is 20.9 Å². The molecule has 2 heterocycles. The first-order chi connectivity index (χ1) is 26.7. The number of nitrogens with one attached hydrogen (secondary N) is 3. The molecular weight excluding hydrogens is 723 g/mol. The Morgan fingerprint density at radius 1 is 0.930 bits per heavy atom. The summed E-state index contributed by atoms with van der Waals surface area (Å²) in [6, 6.07) is 14.8. The predicted octanol–water partition coefficient (Wildman–Crippen LogP) is 6.52. The van der Waals surface area contributed by atoms with Crippen LogP contribution in [0.1, 0.15) is 121 Å². The highest BCUT2D eigenvalue weighted by atomic mass is 16.5. The van der Waals surface area contributed by atoms with Crippen molar-refractivity contribution in [2.45, 2.75) is 126 Å². The zero-order chi connectivity index (χ0) is 42.0. The highest BCUT2D eigenvalue weighted by molar-refractivity contribution is 5.87. The maximum atomic E-state index is 13.0. The van der Waals surface area contributed by atoms with Gasteiger partial charge in [-0.2, -0.15) is 0 Å². The Labute approximate surface area is 343 Å². The first kappa shape index (κ1) is 52.7. The SMILES string of the molecule is C.CC(C)C.CN.Cc1ccc(CC(C)NC(=O)C2CCN(C(=O)[C@@H](C)CCC(C)CCOC(=O)C3CCCN3)CC2)cc1.O=CNCc1cccc(C(=O)O)c1. The van der Waals surface area contributed by atoms with Crippen molar-refractivity contribution >= 4 is 30.2 Å². The molecule has 2 saturated heterocycles. The lowest BCUT2D eigenvalue weighted by Gasteiger charge is -2.33. The largest absolute Gasteiger partial charge is 0.478 e. The van der Waals surface area contributed by atoms with Crippen LogP contribution in [0.15, 0.2) is 48.5 Å². The van der Waals surface area contributed by atoms with E-state index in [-0.39, 0.29) is 54.7 Å². The van der Waals surface area contributed by atoms with Crippen LogP contribution in [0.25, 0.3) is 0 Å². The molecule has 0 aromatic heterocycles. The average molecular weight is 798 g/mol. The minimum absolute atomic E-state index is 0. The highest BCUT2D eigenvalue weighted by Crippen LogP contribution is 2.23. The first-order valence-corrected chi connectivity index (χ1v) is 20.3. The molecule has 4 atom stereocenters. The number of carboxylic acids is 1. The average Bonchev–Trinajstić information content (AvgIpc) is 3.73. The van der Waals surface area contributed by atoms with Gasteiger partial charge in [-0.15, -0.1) is 0 Å². The fourth-order valence-electron chi connectivity index (χ4n) is 6.29. The number of aryl methyl sites for hydroxylation is 1. The maximum absolute atomic E-state index is 13.0. The number of piperidine rings is 1. The minimum atomic E-state index is -0.965. The number of hydrogen-bond acceptors (Lipinski definition) is 8. The molecule has 2 aliphatic heterocycles. The summed E-state index contributed by atoms with van der Waals surface area (Å²) < 4.78 is 5.42. The van der Waals surface area contributed by atoms with Crippen LogP contribution in [-0.4, -0.2) is 85.5 Å². The second-order valence-electron chi connectivity index (χ2n) is 15.6. The van der Waals surface area contributed by atoms with Crippen molar-refractivity contribution in [1.29, 1.82) is 0 Å². The normalized spacial score (nSPS) is 16.3. The summed E-state index contributed by atoms with van der Waals surface area (Å²) in [5, 5.41) is 17.4. The van der Waals surface area contributed by atoms with Crippen molar-refractivity contribution in [3.05, 3.63) is 70.8 Å². The standard InChI is InChI=1S/C30H47N3O4.C9H9NO3.C4H10.CH5N.CH4/c1-21-8-11-25(12-9-21)20-24(4)32-28(34)26-13-17-33(18-14-26)29(35)23(3)10-7-22(2)15-19-37-30(36)27-6-5-16-31-27;11-6-10-5-7-2-1-3-8(4-7)9(12)13;1-4(2)3;1-2;/h8-9,11-12,22-24,26-27,31H,5-7,10,13-20H2,1-4H3,(H,32,34);1-4,6H,5H2,(H,10,11)(H,12,13);4H,1-3H3;2H2,1H3;1H4/t22?,23-,24?,27?;;;;/m0..../s1. The third-order valence-electron chi connectivity index (χ3n) is 9.51. The van der Waals surface area contributed by atoms with Crippen LogP contribution in [0.5, 0.6) is 0 Å². The molecule has 2 fully saturated rings. The maximum Gasteiger partial charge on any atom is 0.335 e. The summed E-state index contributed by atoms with van der Waals surface area (Å²) in [7, 11) is 1.50. The van der Waals surface area contributed by atoms with Gasteiger partial charge in [-0.3, -0.25) is 19.2 Å². The molecule has 0 aliphatic carbocycles. The van der Waals surface area contributed by atoms with Crippen molar-refractivity contribution in [3.8, 4) is 0 Å². The number of amides is 3. The van der Waals surface area contributed by atoms with Gasteiger partial charge >= 0.3 is 11.9 Å². The number of carboxylic acid groups (broad SMARTS) is 1. The van der Waals surface area contributed by atoms with Gasteiger partial charge in [-0.1, -0.05) is 84.0 Å². The smallest absolute Gasteiger partial charge is 0.335 e. The third-order valence-corrected chi connectivity index (χ3v) is 9.51. The molecule has 6 N–H and O–H groups in total. The number of nitrogens with zero attached hydrogens (tertiary/aromatic N) is 1. The van der Waals surface area contributed by atoms with E-state index in [4.69, 9.17) is 9.84 Å². The Hall–Kier alpha value is -4.29. The lowest BCUT2D eigenvalue weighted by atomic mass is 9.92. The number of esters is 1. The quantitative estimate of drug-likeness (QED) is 0.0934. The van der Waals surface area contributed by atoms with Gasteiger partial charge in [0.05, 0.1) is 12.2 Å². The third kappa shape index (κ3) is 22.3. The summed E-state index contributed by atoms with van der Waals surface area (Å²) >= 11 is 0. The van der Waals surface area contributed by atoms with Gasteiger partial charge in [0.1, 0.15) is 6.04 Å². The number of aromatic carboxylic acids is 1. The first-order valence-electron chi connectivity index (χ1n) is 20.3. The van der Waals surface area contributed by atoms with E-state index in [9.17, 15) is 24.0 Å². The van der Waals surface area contributed by atoms with E-state index < -0.39 is 5.97 Å². The van der Waals surface area contributed by atoms with Gasteiger partial charge in [-0.05, 0) is 114 Å². The zero-order valence-corrected chi connectivity index (χ0v) is 35.3. The fourth-order valence-corrected chi connectivity index (χ4v) is 6.29. The Bertz CT molecular complexity index is 1440. The van der Waals surface area contributed by atoms with Crippen LogP contribution in [0.2, 0.25) is 0 Å². The molecule has 0 saturated carbocycles. The zero-order valence-electron chi connectivity index (χ0n) is 35.3. The number of nitrogens with two attached hydrogens (primary N) is 1. The number of carbonyl (C=O) groups is 5. The second-order valence-corrected chi connectivity index (χ2v) is 15.6. The van der Waals surface area contributed by atoms with Crippen LogP contribution in [0.4, 0.5) is 0 Å². The van der Waals surface area contributed by atoms with Gasteiger partial charge in [0.25, 0.3) is 0 Å². The van der Waals surface area contributed by atoms with E-state index in [2.05, 4.69) is 87.5 Å². The van der Waals surface area contributed by atoms with Gasteiger partial charge in [0, 0.05) is 37.5 Å². The number of ether oxygens (including phenoxy) is 1. The summed E-state index contributed by atoms with van der Waals surface area (Å²) in [6.45, 7) is 17.8. The molecule has 57 heavy (non-hydrogen) atoms. The number of benzene rings is 2. The van der Waals surface area contributed by atoms with Crippen molar-refractivity contribution in [2.24, 2.45) is 29.4 Å². The molecule has 12 heteroatoms. The van der Waals surface area contributed by atoms with E-state index in [1.54, 1.807) is 12.1 Å². The Morgan fingerprint density at radius 3 is 2.12 bits per heavy atom. The molecule has 2 aliphatic rings. The van der Waals surface area contributed by atoms with Crippen molar-refractivity contribution in [2.75, 3.05) is 33.3 Å². The minimum Gasteiger partial charge on any atom is -0.478 e. The van der Waals surface area contributed by atoms with E-state index in [1.165, 1.54) is 30.3 Å². The molecule has 12 nitrogen and oxygen atoms in total. The summed E-state index contributed by atoms with van der Waals surface area (Å²) in [6.07, 6.45) is 7.32. The predicted molar refractivity (Wildman–Crippen MR) is 230 cm³/mol. The van der Waals surface area contributed by atoms with Crippen LogP contribution < -0.4 is 21.7 Å². The molecule has 2 aromatic rings. The van der Waals surface area contributed by atoms with Gasteiger partial charge in [0.2, 0.25) is 18.2 Å². The number of rotatable bonds is 16. The number of hydrogen-bond donors (Lipinski definition) is 5. The van der Waals surface area contributed by atoms with E-state index in [0.29, 0.717) is 38.6 Å². The van der Waals surface area contributed by atoms with Crippen molar-refractivity contribution in [3.63, 3.8) is 0 Å². The van der Waals surface area contributed by atoms with E-state index >= 15 is 0 Å². The fraction of sp³-hybridized carbons (Fsp3) is 0.622. The molecule has 322 valence electrons. The monoisotopic (exact) mass is 798 g/mol. The summed E-state index contributed by atoms with van der Waals surface area (Å²) in [4.78, 5) is 60.2. The molecule has 0 bridgehead atoms. The Balaban J connectivity index is 0.00000130. The number of carbonyl (C=O) groups excluding carboxylic acids is 4. The van der Waals surface area contributed by atoms with E-state index in [1.807, 2.05) is 11.8 Å². The second kappa shape index (κ2) is 29.9. The molecular formula is C45H75N5O7. The molecule has 3 unspecified atom stereocenters. The van der Waals surface area contributed by atoms with Crippen LogP contribution in [0, 0.1) is 30.6 Å². The molecule has 3 amide bonds. The van der Waals surface area contributed by atoms with Crippen LogP contribution >= 0.6 is 0 Å². The summed E-state index contributed by atoms with van der Waals surface area (Å²) in [5.41, 5.74) is 7.96. The molecule has 0 radical (unpaired) electrons. The van der Waals surface area contributed by atoms with Crippen LogP contribution in [0.3, 0.4) is 0 Å². The molecule has 4 rings (SSSR count). The molecule has 2 aromatic carbocycles. The number of likely N-dealkylation sites (tertiary alicyclic amines) is 1. The highest BCUT2D eigenvalue weighted by Gasteiger charge is 2.30. The van der Waals surface area contributed by atoms with Gasteiger partial charge in [0.15, 0.2) is 0 Å². The topological polar surface area (TPSA) is 180 Å². The van der Waals surface area contributed by atoms with Gasteiger partial charge < -0.3 is 36.4 Å². The molecule has 0 spiro atoms. The summed E-state index contributed by atoms with van der Waals surface area (Å²) in [5.74, 6) is 0.375. The van der Waals surface area contributed by atoms with Crippen LogP contribution in [-0.2, 0) is 36.9 Å². The van der Waals surface area contributed by atoms with E-state index in [0.717, 1.165) is 69.4 Å². The lowest BCUT2D eigenvalue weighted by Crippen LogP contribution is -2.46. The Kier molecular flexibility index (Phi) is 27.6. The van der Waals surface area contributed by atoms with Crippen molar-refractivity contribution < 1.29 is 33.8 Å². The van der Waals surface area contributed by atoms with Gasteiger partial charge in [-0.25, -0.2) is 4.79 Å². The Morgan fingerprint density at radius 2 is 1.56 bits per heavy atom.